The van der Waals surface area contributed by atoms with Gasteiger partial charge in [-0.15, -0.1) is 5.10 Å². The van der Waals surface area contributed by atoms with E-state index < -0.39 is 6.10 Å². The van der Waals surface area contributed by atoms with Gasteiger partial charge in [-0.3, -0.25) is 0 Å². The van der Waals surface area contributed by atoms with Crippen LogP contribution in [0.25, 0.3) is 0 Å². The van der Waals surface area contributed by atoms with E-state index in [0.29, 0.717) is 6.42 Å². The number of aliphatic hydroxyl groups excluding tert-OH is 1. The van der Waals surface area contributed by atoms with Crippen molar-refractivity contribution in [1.82, 2.24) is 9.59 Å². The maximum Gasteiger partial charge on any atom is 0.106 e. The molecule has 1 atom stereocenters. The van der Waals surface area contributed by atoms with Gasteiger partial charge in [-0.1, -0.05) is 17.8 Å². The third-order valence-corrected chi connectivity index (χ3v) is 3.22. The molecule has 0 fully saturated rings. The molecule has 0 saturated heterocycles. The van der Waals surface area contributed by atoms with Crippen molar-refractivity contribution in [2.24, 2.45) is 0 Å². The fourth-order valence-electron chi connectivity index (χ4n) is 1.59. The molecule has 0 amide bonds. The van der Waals surface area contributed by atoms with E-state index >= 15 is 0 Å². The number of aryl methyl sites for hydroxylation is 1. The Balaban J connectivity index is 2.08. The molecule has 0 spiro atoms. The summed E-state index contributed by atoms with van der Waals surface area (Å²) < 4.78 is 9.10. The summed E-state index contributed by atoms with van der Waals surface area (Å²) in [7, 11) is 0. The minimum atomic E-state index is -0.562. The van der Waals surface area contributed by atoms with Crippen molar-refractivity contribution < 1.29 is 9.52 Å². The highest BCUT2D eigenvalue weighted by atomic mass is 32.1. The highest BCUT2D eigenvalue weighted by Gasteiger charge is 2.17. The summed E-state index contributed by atoms with van der Waals surface area (Å²) in [6, 6.07) is 3.68. The predicted octanol–water partition coefficient (Wildman–Crippen LogP) is 2.36. The van der Waals surface area contributed by atoms with Crippen molar-refractivity contribution in [3.8, 4) is 0 Å². The van der Waals surface area contributed by atoms with Crippen molar-refractivity contribution in [3.05, 3.63) is 34.7 Å². The minimum absolute atomic E-state index is 0.480. The molecule has 0 radical (unpaired) electrons. The zero-order valence-corrected chi connectivity index (χ0v) is 9.91. The molecule has 86 valence electrons. The average Bonchev–Trinajstić information content (AvgIpc) is 2.89. The van der Waals surface area contributed by atoms with Crippen LogP contribution in [0.3, 0.4) is 0 Å². The first kappa shape index (κ1) is 11.3. The lowest BCUT2D eigenvalue weighted by Crippen LogP contribution is -2.02. The monoisotopic (exact) mass is 238 g/mol. The van der Waals surface area contributed by atoms with Gasteiger partial charge in [-0.25, -0.2) is 0 Å². The van der Waals surface area contributed by atoms with Crippen molar-refractivity contribution >= 4 is 11.5 Å². The summed E-state index contributed by atoms with van der Waals surface area (Å²) >= 11 is 1.27. The van der Waals surface area contributed by atoms with E-state index in [-0.39, 0.29) is 0 Å². The van der Waals surface area contributed by atoms with Crippen LogP contribution in [0.5, 0.6) is 0 Å². The van der Waals surface area contributed by atoms with Crippen LogP contribution >= 0.6 is 11.5 Å². The first-order valence-electron chi connectivity index (χ1n) is 5.32. The summed E-state index contributed by atoms with van der Waals surface area (Å²) in [5.41, 5.74) is 0.909. The molecule has 16 heavy (non-hydrogen) atoms. The van der Waals surface area contributed by atoms with Gasteiger partial charge in [0.05, 0.1) is 22.9 Å². The molecule has 2 aromatic rings. The SMILES string of the molecule is CCCc1nnsc1C(O)Cc1ccco1. The first-order valence-corrected chi connectivity index (χ1v) is 6.10. The molecule has 2 aromatic heterocycles. The number of rotatable bonds is 5. The van der Waals surface area contributed by atoms with Crippen LogP contribution in [-0.2, 0) is 12.8 Å². The Bertz CT molecular complexity index is 425. The number of hydrogen-bond donors (Lipinski definition) is 1. The van der Waals surface area contributed by atoms with Gasteiger partial charge in [0, 0.05) is 6.42 Å². The summed E-state index contributed by atoms with van der Waals surface area (Å²) in [6.45, 7) is 2.09. The second-order valence-electron chi connectivity index (χ2n) is 3.63. The fraction of sp³-hybridized carbons (Fsp3) is 0.455. The number of aliphatic hydroxyl groups is 1. The van der Waals surface area contributed by atoms with Gasteiger partial charge in [-0.05, 0) is 30.1 Å². The molecule has 0 aromatic carbocycles. The van der Waals surface area contributed by atoms with Gasteiger partial charge in [0.15, 0.2) is 0 Å². The van der Waals surface area contributed by atoms with Crippen molar-refractivity contribution in [2.45, 2.75) is 32.3 Å². The fourth-order valence-corrected chi connectivity index (χ4v) is 2.27. The molecule has 0 saturated carbocycles. The summed E-state index contributed by atoms with van der Waals surface area (Å²) in [6.07, 6.45) is 3.40. The Kier molecular flexibility index (Phi) is 3.69. The lowest BCUT2D eigenvalue weighted by molar-refractivity contribution is 0.173. The number of furan rings is 1. The van der Waals surface area contributed by atoms with E-state index in [0.717, 1.165) is 29.2 Å². The quantitative estimate of drug-likeness (QED) is 0.868. The van der Waals surface area contributed by atoms with Crippen LogP contribution in [0.1, 0.15) is 35.8 Å². The molecular formula is C11H14N2O2S. The van der Waals surface area contributed by atoms with E-state index in [1.54, 1.807) is 6.26 Å². The van der Waals surface area contributed by atoms with Gasteiger partial charge in [0.25, 0.3) is 0 Å². The summed E-state index contributed by atoms with van der Waals surface area (Å²) in [4.78, 5) is 0.859. The van der Waals surface area contributed by atoms with E-state index in [1.807, 2.05) is 12.1 Å². The molecule has 0 aliphatic rings. The molecule has 0 aliphatic carbocycles. The molecule has 5 heteroatoms. The molecule has 1 N–H and O–H groups in total. The molecule has 1 unspecified atom stereocenters. The van der Waals surface area contributed by atoms with E-state index in [1.165, 1.54) is 11.5 Å². The second kappa shape index (κ2) is 5.23. The lowest BCUT2D eigenvalue weighted by Gasteiger charge is -2.07. The van der Waals surface area contributed by atoms with Gasteiger partial charge in [0.2, 0.25) is 0 Å². The van der Waals surface area contributed by atoms with Crippen molar-refractivity contribution in [3.63, 3.8) is 0 Å². The average molecular weight is 238 g/mol. The molecule has 2 rings (SSSR count). The topological polar surface area (TPSA) is 59.2 Å². The third-order valence-electron chi connectivity index (χ3n) is 2.35. The Hall–Kier alpha value is -1.20. The van der Waals surface area contributed by atoms with Crippen molar-refractivity contribution in [2.75, 3.05) is 0 Å². The molecule has 2 heterocycles. The second-order valence-corrected chi connectivity index (χ2v) is 4.42. The highest BCUT2D eigenvalue weighted by molar-refractivity contribution is 7.05. The number of nitrogens with zero attached hydrogens (tertiary/aromatic N) is 2. The summed E-state index contributed by atoms with van der Waals surface area (Å²) in [5.74, 6) is 0.781. The van der Waals surface area contributed by atoms with Crippen LogP contribution in [0, 0.1) is 0 Å². The minimum Gasteiger partial charge on any atom is -0.469 e. The van der Waals surface area contributed by atoms with Crippen molar-refractivity contribution in [1.29, 1.82) is 0 Å². The van der Waals surface area contributed by atoms with Gasteiger partial charge in [-0.2, -0.15) is 0 Å². The van der Waals surface area contributed by atoms with E-state index in [2.05, 4.69) is 16.5 Å². The maximum absolute atomic E-state index is 10.1. The summed E-state index contributed by atoms with van der Waals surface area (Å²) in [5, 5.41) is 14.1. The number of aromatic nitrogens is 2. The lowest BCUT2D eigenvalue weighted by atomic mass is 10.1. The predicted molar refractivity (Wildman–Crippen MR) is 61.3 cm³/mol. The van der Waals surface area contributed by atoms with Crippen LogP contribution in [0.15, 0.2) is 22.8 Å². The molecule has 0 bridgehead atoms. The maximum atomic E-state index is 10.1. The Labute approximate surface area is 98.1 Å². The third kappa shape index (κ3) is 2.48. The molecular weight excluding hydrogens is 224 g/mol. The van der Waals surface area contributed by atoms with Gasteiger partial charge < -0.3 is 9.52 Å². The first-order chi connectivity index (χ1) is 7.81. The smallest absolute Gasteiger partial charge is 0.106 e. The highest BCUT2D eigenvalue weighted by Crippen LogP contribution is 2.24. The molecule has 4 nitrogen and oxygen atoms in total. The normalized spacial score (nSPS) is 12.9. The van der Waals surface area contributed by atoms with Gasteiger partial charge >= 0.3 is 0 Å². The largest absolute Gasteiger partial charge is 0.469 e. The Morgan fingerprint density at radius 2 is 2.44 bits per heavy atom. The Morgan fingerprint density at radius 1 is 1.56 bits per heavy atom. The Morgan fingerprint density at radius 3 is 3.12 bits per heavy atom. The zero-order chi connectivity index (χ0) is 11.4. The van der Waals surface area contributed by atoms with E-state index in [4.69, 9.17) is 4.42 Å². The van der Waals surface area contributed by atoms with Gasteiger partial charge in [0.1, 0.15) is 5.76 Å². The van der Waals surface area contributed by atoms with Crippen LogP contribution in [-0.4, -0.2) is 14.7 Å². The van der Waals surface area contributed by atoms with E-state index in [9.17, 15) is 5.11 Å². The van der Waals surface area contributed by atoms with Crippen LogP contribution < -0.4 is 0 Å². The standard InChI is InChI=1S/C11H14N2O2S/c1-2-4-9-11(16-13-12-9)10(14)7-8-5-3-6-15-8/h3,5-6,10,14H,2,4,7H2,1H3. The zero-order valence-electron chi connectivity index (χ0n) is 9.09. The number of hydrogen-bond acceptors (Lipinski definition) is 5. The van der Waals surface area contributed by atoms with Crippen LogP contribution in [0.2, 0.25) is 0 Å². The van der Waals surface area contributed by atoms with Crippen LogP contribution in [0.4, 0.5) is 0 Å². The molecule has 0 aliphatic heterocycles.